The summed E-state index contributed by atoms with van der Waals surface area (Å²) < 4.78 is 5.44. The van der Waals surface area contributed by atoms with Crippen LogP contribution in [-0.4, -0.2) is 37.0 Å². The normalized spacial score (nSPS) is 16.2. The number of rotatable bonds is 9. The second kappa shape index (κ2) is 13.4. The average molecular weight is 596 g/mol. The van der Waals surface area contributed by atoms with Gasteiger partial charge in [-0.1, -0.05) is 77.8 Å². The minimum atomic E-state index is -0.766. The highest BCUT2D eigenvalue weighted by atomic mass is 35.5. The standard InChI is InChI=1S/C31H32Cl2N4O4/c32-25-14-21-16-34-13-12-24(21)29(33)28(25)30(39)36-22(15-27(38)41-18-19-6-2-1-3-7-19)17-35-31(40)37-26-11-10-20-8-4-5-9-23(20)26/h1-9,14,22,26,34H,10-13,15-18H2,(H,36,39)(H2,35,37,40)/t22?,26-/m1/s1. The van der Waals surface area contributed by atoms with E-state index in [1.54, 1.807) is 6.07 Å². The van der Waals surface area contributed by atoms with E-state index in [0.29, 0.717) is 18.0 Å². The summed E-state index contributed by atoms with van der Waals surface area (Å²) in [6, 6.07) is 17.8. The third-order valence-electron chi connectivity index (χ3n) is 7.44. The van der Waals surface area contributed by atoms with Gasteiger partial charge in [-0.05, 0) is 59.7 Å². The predicted octanol–water partition coefficient (Wildman–Crippen LogP) is 4.86. The molecule has 0 fully saturated rings. The summed E-state index contributed by atoms with van der Waals surface area (Å²) in [5, 5.41) is 12.5. The molecule has 0 saturated heterocycles. The van der Waals surface area contributed by atoms with Crippen LogP contribution in [0.4, 0.5) is 4.79 Å². The summed E-state index contributed by atoms with van der Waals surface area (Å²) in [5.74, 6) is -1.03. The van der Waals surface area contributed by atoms with Gasteiger partial charge in [0.2, 0.25) is 0 Å². The number of amides is 3. The molecule has 5 rings (SSSR count). The lowest BCUT2D eigenvalue weighted by Gasteiger charge is -2.23. The van der Waals surface area contributed by atoms with Crippen molar-refractivity contribution in [1.29, 1.82) is 0 Å². The van der Waals surface area contributed by atoms with Crippen molar-refractivity contribution in [2.24, 2.45) is 0 Å². The topological polar surface area (TPSA) is 109 Å². The Bertz CT molecular complexity index is 1430. The van der Waals surface area contributed by atoms with Crippen molar-refractivity contribution in [3.8, 4) is 0 Å². The molecule has 8 nitrogen and oxygen atoms in total. The van der Waals surface area contributed by atoms with Crippen LogP contribution in [0.2, 0.25) is 10.0 Å². The highest BCUT2D eigenvalue weighted by Crippen LogP contribution is 2.33. The number of halogens is 2. The molecule has 3 amide bonds. The molecule has 214 valence electrons. The van der Waals surface area contributed by atoms with E-state index in [1.807, 2.05) is 48.5 Å². The second-order valence-electron chi connectivity index (χ2n) is 10.3. The first-order chi connectivity index (χ1) is 19.9. The lowest BCUT2D eigenvalue weighted by Crippen LogP contribution is -2.48. The fourth-order valence-corrected chi connectivity index (χ4v) is 6.11. The van der Waals surface area contributed by atoms with Crippen LogP contribution in [0.1, 0.15) is 57.1 Å². The number of esters is 1. The van der Waals surface area contributed by atoms with Gasteiger partial charge in [0.15, 0.2) is 0 Å². The Balaban J connectivity index is 1.26. The Hall–Kier alpha value is -3.59. The van der Waals surface area contributed by atoms with Crippen molar-refractivity contribution in [2.45, 2.75) is 50.9 Å². The summed E-state index contributed by atoms with van der Waals surface area (Å²) in [5.41, 5.74) is 5.16. The molecular formula is C31H32Cl2N4O4. The molecule has 4 N–H and O–H groups in total. The number of hydrogen-bond acceptors (Lipinski definition) is 5. The number of nitrogens with one attached hydrogen (secondary N) is 4. The largest absolute Gasteiger partial charge is 0.461 e. The van der Waals surface area contributed by atoms with E-state index in [9.17, 15) is 14.4 Å². The summed E-state index contributed by atoms with van der Waals surface area (Å²) in [4.78, 5) is 39.0. The highest BCUT2D eigenvalue weighted by Gasteiger charge is 2.27. The van der Waals surface area contributed by atoms with Gasteiger partial charge in [0.05, 0.1) is 34.1 Å². The molecule has 2 aliphatic rings. The minimum absolute atomic E-state index is 0.00350. The van der Waals surface area contributed by atoms with E-state index < -0.39 is 17.9 Å². The van der Waals surface area contributed by atoms with Crippen LogP contribution >= 0.6 is 23.2 Å². The van der Waals surface area contributed by atoms with Crippen LogP contribution in [0, 0.1) is 0 Å². The fourth-order valence-electron chi connectivity index (χ4n) is 5.34. The van der Waals surface area contributed by atoms with Gasteiger partial charge in [0.25, 0.3) is 5.91 Å². The summed E-state index contributed by atoms with van der Waals surface area (Å²) in [7, 11) is 0. The number of fused-ring (bicyclic) bond motifs is 2. The van der Waals surface area contributed by atoms with Gasteiger partial charge in [0, 0.05) is 13.1 Å². The number of benzene rings is 3. The Morgan fingerprint density at radius 2 is 1.78 bits per heavy atom. The van der Waals surface area contributed by atoms with Crippen molar-refractivity contribution in [3.05, 3.63) is 104 Å². The average Bonchev–Trinajstić information content (AvgIpc) is 3.38. The van der Waals surface area contributed by atoms with Crippen LogP contribution in [0.3, 0.4) is 0 Å². The first kappa shape index (κ1) is 28.9. The van der Waals surface area contributed by atoms with Crippen molar-refractivity contribution in [2.75, 3.05) is 13.1 Å². The van der Waals surface area contributed by atoms with Crippen molar-refractivity contribution in [3.63, 3.8) is 0 Å². The Kier molecular flexibility index (Phi) is 9.44. The predicted molar refractivity (Wildman–Crippen MR) is 158 cm³/mol. The molecule has 0 radical (unpaired) electrons. The maximum atomic E-state index is 13.4. The number of carbonyl (C=O) groups excluding carboxylic acids is 3. The molecule has 2 atom stereocenters. The molecule has 1 aliphatic heterocycles. The zero-order chi connectivity index (χ0) is 28.8. The number of ether oxygens (including phenoxy) is 1. The zero-order valence-electron chi connectivity index (χ0n) is 22.5. The van der Waals surface area contributed by atoms with Crippen molar-refractivity contribution >= 4 is 41.1 Å². The molecule has 1 heterocycles. The number of urea groups is 1. The lowest BCUT2D eigenvalue weighted by molar-refractivity contribution is -0.145. The third-order valence-corrected chi connectivity index (χ3v) is 8.16. The summed E-state index contributed by atoms with van der Waals surface area (Å²) >= 11 is 13.1. The Labute approximate surface area is 249 Å². The first-order valence-corrected chi connectivity index (χ1v) is 14.5. The molecular weight excluding hydrogens is 563 g/mol. The summed E-state index contributed by atoms with van der Waals surface area (Å²) in [6.07, 6.45) is 2.22. The van der Waals surface area contributed by atoms with Crippen LogP contribution in [0.25, 0.3) is 0 Å². The quantitative estimate of drug-likeness (QED) is 0.265. The third kappa shape index (κ3) is 7.19. The smallest absolute Gasteiger partial charge is 0.315 e. The van der Waals surface area contributed by atoms with E-state index >= 15 is 0 Å². The number of carbonyl (C=O) groups is 3. The second-order valence-corrected chi connectivity index (χ2v) is 11.1. The maximum Gasteiger partial charge on any atom is 0.315 e. The molecule has 0 aromatic heterocycles. The molecule has 3 aromatic rings. The molecule has 0 saturated carbocycles. The van der Waals surface area contributed by atoms with E-state index in [1.165, 1.54) is 5.56 Å². The molecule has 0 spiro atoms. The number of aryl methyl sites for hydroxylation is 1. The van der Waals surface area contributed by atoms with Gasteiger partial charge in [0.1, 0.15) is 6.61 Å². The Morgan fingerprint density at radius 3 is 2.61 bits per heavy atom. The maximum absolute atomic E-state index is 13.4. The van der Waals surface area contributed by atoms with Crippen LogP contribution in [0.15, 0.2) is 60.7 Å². The van der Waals surface area contributed by atoms with Gasteiger partial charge in [-0.2, -0.15) is 0 Å². The molecule has 0 bridgehead atoms. The fraction of sp³-hybridized carbons (Fsp3) is 0.323. The summed E-state index contributed by atoms with van der Waals surface area (Å²) in [6.45, 7) is 1.47. The van der Waals surface area contributed by atoms with Gasteiger partial charge in [-0.15, -0.1) is 0 Å². The monoisotopic (exact) mass is 594 g/mol. The Morgan fingerprint density at radius 1 is 1.00 bits per heavy atom. The number of hydrogen-bond donors (Lipinski definition) is 4. The van der Waals surface area contributed by atoms with Gasteiger partial charge in [-0.25, -0.2) is 4.79 Å². The molecule has 1 aliphatic carbocycles. The lowest BCUT2D eigenvalue weighted by atomic mass is 9.97. The first-order valence-electron chi connectivity index (χ1n) is 13.7. The van der Waals surface area contributed by atoms with Crippen molar-refractivity contribution < 1.29 is 19.1 Å². The zero-order valence-corrected chi connectivity index (χ0v) is 24.0. The van der Waals surface area contributed by atoms with Gasteiger partial charge >= 0.3 is 12.0 Å². The van der Waals surface area contributed by atoms with Crippen LogP contribution in [-0.2, 0) is 35.5 Å². The van der Waals surface area contributed by atoms with Crippen molar-refractivity contribution in [1.82, 2.24) is 21.3 Å². The van der Waals surface area contributed by atoms with Gasteiger partial charge < -0.3 is 26.0 Å². The van der Waals surface area contributed by atoms with Crippen LogP contribution in [0.5, 0.6) is 0 Å². The van der Waals surface area contributed by atoms with Gasteiger partial charge in [-0.3, -0.25) is 9.59 Å². The highest BCUT2D eigenvalue weighted by molar-refractivity contribution is 6.40. The molecule has 10 heteroatoms. The van der Waals surface area contributed by atoms with E-state index in [2.05, 4.69) is 27.3 Å². The van der Waals surface area contributed by atoms with E-state index in [4.69, 9.17) is 27.9 Å². The molecule has 1 unspecified atom stereocenters. The van der Waals surface area contributed by atoms with E-state index in [0.717, 1.165) is 41.6 Å². The minimum Gasteiger partial charge on any atom is -0.461 e. The molecule has 41 heavy (non-hydrogen) atoms. The van der Waals surface area contributed by atoms with E-state index in [-0.39, 0.29) is 42.2 Å². The SMILES string of the molecule is O=C(NCC(CC(=O)OCc1ccccc1)NC(=O)c1c(Cl)cc2c(c1Cl)CCNC2)N[C@@H]1CCc2ccccc21. The molecule has 3 aromatic carbocycles. The van der Waals surface area contributed by atoms with Crippen LogP contribution < -0.4 is 21.3 Å².